The molecular weight excluding hydrogens is 268 g/mol. The van der Waals surface area contributed by atoms with E-state index in [0.717, 1.165) is 38.3 Å². The summed E-state index contributed by atoms with van der Waals surface area (Å²) in [6.07, 6.45) is 1.11. The maximum absolute atomic E-state index is 11.7. The molecule has 1 aromatic carbocycles. The molecule has 2 aliphatic rings. The number of ether oxygens (including phenoxy) is 2. The van der Waals surface area contributed by atoms with E-state index in [0.29, 0.717) is 12.6 Å². The Hall–Kier alpha value is -1.75. The Balaban J connectivity index is 1.42. The van der Waals surface area contributed by atoms with Crippen LogP contribution in [0.25, 0.3) is 0 Å². The quantitative estimate of drug-likeness (QED) is 0.850. The number of amides is 1. The van der Waals surface area contributed by atoms with Crippen molar-refractivity contribution in [3.8, 4) is 5.75 Å². The molecule has 21 heavy (non-hydrogen) atoms. The summed E-state index contributed by atoms with van der Waals surface area (Å²) in [6.45, 7) is 5.73. The number of carbonyl (C=O) groups excluding carboxylic acids is 1. The minimum absolute atomic E-state index is 0.183. The number of hydrogen-bond donors (Lipinski definition) is 0. The molecule has 0 radical (unpaired) electrons. The minimum atomic E-state index is -0.183. The molecule has 0 aliphatic carbocycles. The monoisotopic (exact) mass is 290 g/mol. The summed E-state index contributed by atoms with van der Waals surface area (Å²) < 4.78 is 11.0. The third-order valence-corrected chi connectivity index (χ3v) is 4.13. The van der Waals surface area contributed by atoms with Crippen molar-refractivity contribution in [2.45, 2.75) is 25.5 Å². The molecule has 0 saturated carbocycles. The molecule has 1 atom stereocenters. The summed E-state index contributed by atoms with van der Waals surface area (Å²) in [5, 5.41) is 0. The molecule has 0 bridgehead atoms. The molecule has 2 saturated heterocycles. The van der Waals surface area contributed by atoms with Crippen LogP contribution in [-0.2, 0) is 4.74 Å². The van der Waals surface area contributed by atoms with Crippen molar-refractivity contribution in [2.24, 2.45) is 0 Å². The first-order valence-corrected chi connectivity index (χ1v) is 7.63. The number of para-hydroxylation sites is 1. The zero-order valence-corrected chi connectivity index (χ0v) is 12.4. The number of nitrogens with zero attached hydrogens (tertiary/aromatic N) is 2. The predicted octanol–water partition coefficient (Wildman–Crippen LogP) is 1.98. The van der Waals surface area contributed by atoms with Gasteiger partial charge in [-0.1, -0.05) is 18.2 Å². The van der Waals surface area contributed by atoms with Gasteiger partial charge in [-0.05, 0) is 25.5 Å². The summed E-state index contributed by atoms with van der Waals surface area (Å²) in [4.78, 5) is 15.9. The van der Waals surface area contributed by atoms with Gasteiger partial charge in [0.25, 0.3) is 0 Å². The maximum atomic E-state index is 11.7. The van der Waals surface area contributed by atoms with E-state index in [2.05, 4.69) is 4.90 Å². The Morgan fingerprint density at radius 3 is 2.71 bits per heavy atom. The van der Waals surface area contributed by atoms with Crippen LogP contribution in [-0.4, -0.2) is 60.8 Å². The van der Waals surface area contributed by atoms with Gasteiger partial charge in [0.2, 0.25) is 0 Å². The van der Waals surface area contributed by atoms with E-state index in [1.165, 1.54) is 0 Å². The van der Waals surface area contributed by atoms with Crippen LogP contribution in [0.2, 0.25) is 0 Å². The molecule has 114 valence electrons. The fourth-order valence-corrected chi connectivity index (χ4v) is 2.95. The van der Waals surface area contributed by atoms with Crippen LogP contribution < -0.4 is 4.74 Å². The molecule has 1 amide bonds. The van der Waals surface area contributed by atoms with E-state index in [9.17, 15) is 4.79 Å². The van der Waals surface area contributed by atoms with Crippen LogP contribution >= 0.6 is 0 Å². The molecular formula is C16H22N2O3. The summed E-state index contributed by atoms with van der Waals surface area (Å²) in [5.41, 5.74) is 0. The number of rotatable bonds is 4. The van der Waals surface area contributed by atoms with E-state index in [1.807, 2.05) is 37.3 Å². The van der Waals surface area contributed by atoms with E-state index in [1.54, 1.807) is 4.90 Å². The second-order valence-corrected chi connectivity index (χ2v) is 5.59. The van der Waals surface area contributed by atoms with Crippen molar-refractivity contribution in [3.05, 3.63) is 30.3 Å². The summed E-state index contributed by atoms with van der Waals surface area (Å²) in [5.74, 6) is 0.932. The zero-order chi connectivity index (χ0) is 14.7. The molecule has 1 aromatic rings. The first kappa shape index (κ1) is 14.2. The standard InChI is InChI=1S/C16H22N2O3/c1-2-20-16(19)17-9-8-13(10-17)18-11-15(12-18)21-14-6-4-3-5-7-14/h3-7,13,15H,2,8-12H2,1H3/t13-/m1/s1. The van der Waals surface area contributed by atoms with Gasteiger partial charge in [-0.2, -0.15) is 0 Å². The van der Waals surface area contributed by atoms with Crippen molar-refractivity contribution in [1.29, 1.82) is 0 Å². The van der Waals surface area contributed by atoms with Gasteiger partial charge in [-0.25, -0.2) is 4.79 Å². The van der Waals surface area contributed by atoms with Gasteiger partial charge in [0.15, 0.2) is 0 Å². The van der Waals surface area contributed by atoms with Crippen molar-refractivity contribution >= 4 is 6.09 Å². The molecule has 0 aromatic heterocycles. The lowest BCUT2D eigenvalue weighted by molar-refractivity contribution is -0.00651. The molecule has 2 fully saturated rings. The summed E-state index contributed by atoms with van der Waals surface area (Å²) in [6, 6.07) is 10.4. The average molecular weight is 290 g/mol. The van der Waals surface area contributed by atoms with Crippen LogP contribution in [0.15, 0.2) is 30.3 Å². The fourth-order valence-electron chi connectivity index (χ4n) is 2.95. The molecule has 5 heteroatoms. The lowest BCUT2D eigenvalue weighted by Gasteiger charge is -2.42. The van der Waals surface area contributed by atoms with Gasteiger partial charge in [-0.3, -0.25) is 4.90 Å². The highest BCUT2D eigenvalue weighted by Gasteiger charge is 2.38. The van der Waals surface area contributed by atoms with Crippen LogP contribution in [0, 0.1) is 0 Å². The highest BCUT2D eigenvalue weighted by molar-refractivity contribution is 5.68. The summed E-state index contributed by atoms with van der Waals surface area (Å²) >= 11 is 0. The Morgan fingerprint density at radius 2 is 2.00 bits per heavy atom. The zero-order valence-electron chi connectivity index (χ0n) is 12.4. The van der Waals surface area contributed by atoms with Crippen LogP contribution in [0.4, 0.5) is 4.79 Å². The number of benzene rings is 1. The lowest BCUT2D eigenvalue weighted by atomic mass is 10.1. The normalized spacial score (nSPS) is 22.9. The topological polar surface area (TPSA) is 42.0 Å². The Bertz CT molecular complexity index is 474. The van der Waals surface area contributed by atoms with Gasteiger partial charge in [0, 0.05) is 32.2 Å². The predicted molar refractivity (Wildman–Crippen MR) is 79.4 cm³/mol. The number of carbonyl (C=O) groups is 1. The van der Waals surface area contributed by atoms with Gasteiger partial charge in [0.05, 0.1) is 6.61 Å². The Kier molecular flexibility index (Phi) is 4.29. The van der Waals surface area contributed by atoms with E-state index >= 15 is 0 Å². The van der Waals surface area contributed by atoms with Crippen LogP contribution in [0.5, 0.6) is 5.75 Å². The lowest BCUT2D eigenvalue weighted by Crippen LogP contribution is -2.58. The molecule has 0 unspecified atom stereocenters. The summed E-state index contributed by atoms with van der Waals surface area (Å²) in [7, 11) is 0. The van der Waals surface area contributed by atoms with Crippen molar-refractivity contribution in [2.75, 3.05) is 32.8 Å². The third-order valence-electron chi connectivity index (χ3n) is 4.13. The van der Waals surface area contributed by atoms with Crippen molar-refractivity contribution in [3.63, 3.8) is 0 Å². The maximum Gasteiger partial charge on any atom is 0.409 e. The smallest absolute Gasteiger partial charge is 0.409 e. The van der Waals surface area contributed by atoms with Gasteiger partial charge in [0.1, 0.15) is 11.9 Å². The fraction of sp³-hybridized carbons (Fsp3) is 0.562. The van der Waals surface area contributed by atoms with Gasteiger partial charge >= 0.3 is 6.09 Å². The largest absolute Gasteiger partial charge is 0.488 e. The Labute approximate surface area is 125 Å². The van der Waals surface area contributed by atoms with Crippen LogP contribution in [0.3, 0.4) is 0 Å². The number of hydrogen-bond acceptors (Lipinski definition) is 4. The van der Waals surface area contributed by atoms with Crippen LogP contribution in [0.1, 0.15) is 13.3 Å². The molecule has 2 aliphatic heterocycles. The first-order valence-electron chi connectivity index (χ1n) is 7.63. The third kappa shape index (κ3) is 3.29. The average Bonchev–Trinajstić information content (AvgIpc) is 2.93. The molecule has 3 rings (SSSR count). The van der Waals surface area contributed by atoms with Crippen molar-refractivity contribution < 1.29 is 14.3 Å². The van der Waals surface area contributed by atoms with Gasteiger partial charge in [-0.15, -0.1) is 0 Å². The van der Waals surface area contributed by atoms with E-state index in [-0.39, 0.29) is 12.2 Å². The highest BCUT2D eigenvalue weighted by atomic mass is 16.6. The highest BCUT2D eigenvalue weighted by Crippen LogP contribution is 2.24. The second kappa shape index (κ2) is 6.35. The SMILES string of the molecule is CCOC(=O)N1CC[C@@H](N2CC(Oc3ccccc3)C2)C1. The van der Waals surface area contributed by atoms with E-state index < -0.39 is 0 Å². The Morgan fingerprint density at radius 1 is 1.24 bits per heavy atom. The molecule has 0 N–H and O–H groups in total. The molecule has 0 spiro atoms. The number of likely N-dealkylation sites (tertiary alicyclic amines) is 2. The molecule has 2 heterocycles. The first-order chi connectivity index (χ1) is 10.3. The molecule has 5 nitrogen and oxygen atoms in total. The van der Waals surface area contributed by atoms with Crippen molar-refractivity contribution in [1.82, 2.24) is 9.80 Å². The second-order valence-electron chi connectivity index (χ2n) is 5.59. The van der Waals surface area contributed by atoms with Gasteiger partial charge < -0.3 is 14.4 Å². The van der Waals surface area contributed by atoms with E-state index in [4.69, 9.17) is 9.47 Å². The minimum Gasteiger partial charge on any atom is -0.488 e.